The number of hydrogen-bond acceptors (Lipinski definition) is 2. The van der Waals surface area contributed by atoms with Gasteiger partial charge in [0.2, 0.25) is 0 Å². The van der Waals surface area contributed by atoms with Gasteiger partial charge in [0.15, 0.2) is 0 Å². The lowest BCUT2D eigenvalue weighted by atomic mass is 10.1. The Labute approximate surface area is 101 Å². The van der Waals surface area contributed by atoms with Gasteiger partial charge in [-0.25, -0.2) is 4.39 Å². The van der Waals surface area contributed by atoms with Crippen molar-refractivity contribution in [3.63, 3.8) is 0 Å². The van der Waals surface area contributed by atoms with Crippen LogP contribution in [0.5, 0.6) is 0 Å². The first-order chi connectivity index (χ1) is 7.54. The Hall–Kier alpha value is -1.00. The maximum atomic E-state index is 13.1. The van der Waals surface area contributed by atoms with Crippen LogP contribution in [0.15, 0.2) is 18.2 Å². The first kappa shape index (κ1) is 13.1. The Kier molecular flexibility index (Phi) is 4.83. The van der Waals surface area contributed by atoms with Crippen molar-refractivity contribution in [1.82, 2.24) is 0 Å². The summed E-state index contributed by atoms with van der Waals surface area (Å²) in [5, 5.41) is 0. The largest absolute Gasteiger partial charge is 0.389 e. The van der Waals surface area contributed by atoms with Gasteiger partial charge in [0.1, 0.15) is 10.8 Å². The Bertz CT molecular complexity index is 381. The molecule has 1 rings (SSSR count). The second-order valence-electron chi connectivity index (χ2n) is 3.70. The fourth-order valence-electron chi connectivity index (χ4n) is 1.27. The van der Waals surface area contributed by atoms with Gasteiger partial charge >= 0.3 is 0 Å². The van der Waals surface area contributed by atoms with Crippen LogP contribution < -0.4 is 5.73 Å². The van der Waals surface area contributed by atoms with E-state index < -0.39 is 0 Å². The number of thiocarbonyl (C=S) groups is 1. The van der Waals surface area contributed by atoms with Gasteiger partial charge in [-0.15, -0.1) is 0 Å². The topological polar surface area (TPSA) is 35.2 Å². The lowest BCUT2D eigenvalue weighted by Crippen LogP contribution is -2.14. The normalized spacial score (nSPS) is 12.4. The number of hydrogen-bond donors (Lipinski definition) is 1. The van der Waals surface area contributed by atoms with Crippen LogP contribution >= 0.6 is 12.2 Å². The summed E-state index contributed by atoms with van der Waals surface area (Å²) in [5.74, 6) is -0.303. The zero-order chi connectivity index (χ0) is 12.1. The van der Waals surface area contributed by atoms with E-state index in [1.165, 1.54) is 12.1 Å². The van der Waals surface area contributed by atoms with Crippen LogP contribution in [0.1, 0.15) is 31.4 Å². The minimum absolute atomic E-state index is 0.141. The van der Waals surface area contributed by atoms with Crippen molar-refractivity contribution in [2.45, 2.75) is 33.0 Å². The molecular formula is C12H16FNOS. The third-order valence-corrected chi connectivity index (χ3v) is 2.65. The second-order valence-corrected chi connectivity index (χ2v) is 4.14. The van der Waals surface area contributed by atoms with Crippen molar-refractivity contribution in [1.29, 1.82) is 0 Å². The van der Waals surface area contributed by atoms with Gasteiger partial charge in [-0.2, -0.15) is 0 Å². The Morgan fingerprint density at radius 1 is 1.56 bits per heavy atom. The van der Waals surface area contributed by atoms with Crippen molar-refractivity contribution in [3.8, 4) is 0 Å². The van der Waals surface area contributed by atoms with Gasteiger partial charge in [-0.3, -0.25) is 0 Å². The highest BCUT2D eigenvalue weighted by Crippen LogP contribution is 2.14. The summed E-state index contributed by atoms with van der Waals surface area (Å²) in [6.45, 7) is 4.34. The van der Waals surface area contributed by atoms with Crippen LogP contribution in [0.4, 0.5) is 4.39 Å². The van der Waals surface area contributed by atoms with Crippen LogP contribution in [0.3, 0.4) is 0 Å². The maximum Gasteiger partial charge on any atom is 0.123 e. The molecule has 4 heteroatoms. The molecule has 0 bridgehead atoms. The average molecular weight is 241 g/mol. The fourth-order valence-corrected chi connectivity index (χ4v) is 1.47. The van der Waals surface area contributed by atoms with Crippen molar-refractivity contribution in [2.24, 2.45) is 5.73 Å². The summed E-state index contributed by atoms with van der Waals surface area (Å²) in [5.41, 5.74) is 6.94. The van der Waals surface area contributed by atoms with Gasteiger partial charge in [0.05, 0.1) is 12.7 Å². The lowest BCUT2D eigenvalue weighted by molar-refractivity contribution is 0.0506. The van der Waals surface area contributed by atoms with E-state index in [1.54, 1.807) is 6.07 Å². The molecule has 1 aromatic carbocycles. The first-order valence-electron chi connectivity index (χ1n) is 5.24. The summed E-state index contributed by atoms with van der Waals surface area (Å²) in [4.78, 5) is 0.266. The smallest absolute Gasteiger partial charge is 0.123 e. The van der Waals surface area contributed by atoms with Crippen LogP contribution in [-0.4, -0.2) is 11.1 Å². The molecule has 88 valence electrons. The number of nitrogens with two attached hydrogens (primary N) is 1. The van der Waals surface area contributed by atoms with Crippen LogP contribution in [0.25, 0.3) is 0 Å². The Morgan fingerprint density at radius 2 is 2.25 bits per heavy atom. The molecule has 0 aromatic heterocycles. The van der Waals surface area contributed by atoms with E-state index in [-0.39, 0.29) is 16.9 Å². The highest BCUT2D eigenvalue weighted by molar-refractivity contribution is 7.80. The fraction of sp³-hybridized carbons (Fsp3) is 0.417. The van der Waals surface area contributed by atoms with Crippen molar-refractivity contribution in [2.75, 3.05) is 0 Å². The minimum atomic E-state index is -0.303. The Balaban J connectivity index is 2.84. The molecule has 0 heterocycles. The summed E-state index contributed by atoms with van der Waals surface area (Å²) >= 11 is 4.90. The molecule has 1 aromatic rings. The standard InChI is InChI=1S/C12H16FNOS/c1-3-8(2)15-7-9-6-10(13)4-5-11(9)12(14)16/h4-6,8H,3,7H2,1-2H3,(H2,14,16). The third kappa shape index (κ3) is 3.54. The van der Waals surface area contributed by atoms with Crippen molar-refractivity contribution in [3.05, 3.63) is 35.1 Å². The number of halogens is 1. The van der Waals surface area contributed by atoms with E-state index in [9.17, 15) is 4.39 Å². The molecule has 0 aliphatic carbocycles. The van der Waals surface area contributed by atoms with E-state index in [1.807, 2.05) is 13.8 Å². The molecular weight excluding hydrogens is 225 g/mol. The minimum Gasteiger partial charge on any atom is -0.389 e. The van der Waals surface area contributed by atoms with Crippen LogP contribution in [-0.2, 0) is 11.3 Å². The molecule has 0 radical (unpaired) electrons. The quantitative estimate of drug-likeness (QED) is 0.805. The molecule has 0 saturated carbocycles. The highest BCUT2D eigenvalue weighted by Gasteiger charge is 2.08. The van der Waals surface area contributed by atoms with Crippen molar-refractivity contribution < 1.29 is 9.13 Å². The molecule has 1 atom stereocenters. The predicted molar refractivity (Wildman–Crippen MR) is 66.8 cm³/mol. The molecule has 0 aliphatic heterocycles. The van der Waals surface area contributed by atoms with Gasteiger partial charge in [-0.1, -0.05) is 19.1 Å². The zero-order valence-electron chi connectivity index (χ0n) is 9.50. The summed E-state index contributed by atoms with van der Waals surface area (Å²) in [6.07, 6.45) is 1.06. The summed E-state index contributed by atoms with van der Waals surface area (Å²) < 4.78 is 18.6. The first-order valence-corrected chi connectivity index (χ1v) is 5.65. The van der Waals surface area contributed by atoms with Gasteiger partial charge in [0.25, 0.3) is 0 Å². The molecule has 2 nitrogen and oxygen atoms in total. The van der Waals surface area contributed by atoms with Crippen molar-refractivity contribution >= 4 is 17.2 Å². The lowest BCUT2D eigenvalue weighted by Gasteiger charge is -2.13. The molecule has 0 saturated heterocycles. The van der Waals surface area contributed by atoms with E-state index in [2.05, 4.69) is 0 Å². The Morgan fingerprint density at radius 3 is 2.81 bits per heavy atom. The highest BCUT2D eigenvalue weighted by atomic mass is 32.1. The number of rotatable bonds is 5. The van der Waals surface area contributed by atoms with E-state index in [0.29, 0.717) is 17.7 Å². The molecule has 1 unspecified atom stereocenters. The SMILES string of the molecule is CCC(C)OCc1cc(F)ccc1C(N)=S. The van der Waals surface area contributed by atoms with E-state index in [4.69, 9.17) is 22.7 Å². The molecule has 16 heavy (non-hydrogen) atoms. The molecule has 2 N–H and O–H groups in total. The zero-order valence-corrected chi connectivity index (χ0v) is 10.3. The molecule has 0 aliphatic rings. The molecule has 0 fully saturated rings. The third-order valence-electron chi connectivity index (χ3n) is 2.43. The average Bonchev–Trinajstić information content (AvgIpc) is 2.25. The number of benzene rings is 1. The van der Waals surface area contributed by atoms with Gasteiger partial charge in [-0.05, 0) is 37.1 Å². The number of ether oxygens (including phenoxy) is 1. The van der Waals surface area contributed by atoms with Gasteiger partial charge in [0, 0.05) is 5.56 Å². The molecule has 0 spiro atoms. The van der Waals surface area contributed by atoms with Crippen LogP contribution in [0.2, 0.25) is 0 Å². The predicted octanol–water partition coefficient (Wildman–Crippen LogP) is 2.78. The second kappa shape index (κ2) is 5.92. The van der Waals surface area contributed by atoms with E-state index >= 15 is 0 Å². The monoisotopic (exact) mass is 241 g/mol. The summed E-state index contributed by atoms with van der Waals surface area (Å²) in [6, 6.07) is 4.35. The van der Waals surface area contributed by atoms with Gasteiger partial charge < -0.3 is 10.5 Å². The summed E-state index contributed by atoms with van der Waals surface area (Å²) in [7, 11) is 0. The van der Waals surface area contributed by atoms with E-state index in [0.717, 1.165) is 6.42 Å². The maximum absolute atomic E-state index is 13.1. The van der Waals surface area contributed by atoms with Crippen LogP contribution in [0, 0.1) is 5.82 Å². The molecule has 0 amide bonds.